The van der Waals surface area contributed by atoms with E-state index in [0.717, 1.165) is 30.0 Å². The summed E-state index contributed by atoms with van der Waals surface area (Å²) in [5.74, 6) is 1.49. The van der Waals surface area contributed by atoms with Crippen LogP contribution in [-0.4, -0.2) is 21.8 Å². The number of anilines is 2. The minimum absolute atomic E-state index is 0.309. The van der Waals surface area contributed by atoms with Gasteiger partial charge >= 0.3 is 0 Å². The highest BCUT2D eigenvalue weighted by Crippen LogP contribution is 2.21. The molecule has 1 aliphatic rings. The predicted octanol–water partition coefficient (Wildman–Crippen LogP) is 1.46. The summed E-state index contributed by atoms with van der Waals surface area (Å²) in [7, 11) is -0.655. The van der Waals surface area contributed by atoms with Gasteiger partial charge in [-0.2, -0.15) is 5.26 Å². The van der Waals surface area contributed by atoms with Crippen molar-refractivity contribution in [1.82, 2.24) is 0 Å². The summed E-state index contributed by atoms with van der Waals surface area (Å²) in [4.78, 5) is 0. The Morgan fingerprint density at radius 2 is 2.12 bits per heavy atom. The number of hydrogen-bond acceptors (Lipinski definition) is 4. The summed E-state index contributed by atoms with van der Waals surface area (Å²) in [6.07, 6.45) is 1.78. The van der Waals surface area contributed by atoms with Crippen molar-refractivity contribution >= 4 is 22.2 Å². The Balaban J connectivity index is 2.08. The van der Waals surface area contributed by atoms with E-state index in [4.69, 9.17) is 11.0 Å². The molecule has 1 aromatic carbocycles. The fourth-order valence-electron chi connectivity index (χ4n) is 1.94. The first kappa shape index (κ1) is 11.9. The SMILES string of the molecule is N#Cc1cc(N)ccc1NC1CCS(=O)CC1. The maximum Gasteiger partial charge on any atom is 0.101 e. The Kier molecular flexibility index (Phi) is 3.64. The van der Waals surface area contributed by atoms with Gasteiger partial charge in [-0.15, -0.1) is 0 Å². The molecule has 2 rings (SSSR count). The van der Waals surface area contributed by atoms with Crippen LogP contribution in [0.15, 0.2) is 18.2 Å². The fourth-order valence-corrected chi connectivity index (χ4v) is 3.24. The summed E-state index contributed by atoms with van der Waals surface area (Å²) in [5.41, 5.74) is 7.61. The van der Waals surface area contributed by atoms with Gasteiger partial charge in [0.2, 0.25) is 0 Å². The van der Waals surface area contributed by atoms with E-state index in [1.807, 2.05) is 6.07 Å². The Bertz CT molecular complexity index is 471. The molecule has 1 heterocycles. The number of hydrogen-bond donors (Lipinski definition) is 2. The first-order chi connectivity index (χ1) is 8.19. The van der Waals surface area contributed by atoms with Gasteiger partial charge in [-0.1, -0.05) is 0 Å². The molecule has 0 radical (unpaired) electrons. The molecule has 0 bridgehead atoms. The van der Waals surface area contributed by atoms with E-state index in [1.54, 1.807) is 12.1 Å². The molecule has 0 atom stereocenters. The summed E-state index contributed by atoms with van der Waals surface area (Å²) in [6, 6.07) is 7.73. The Morgan fingerprint density at radius 3 is 2.76 bits per heavy atom. The molecule has 5 heteroatoms. The average molecular weight is 249 g/mol. The van der Waals surface area contributed by atoms with E-state index in [2.05, 4.69) is 11.4 Å². The van der Waals surface area contributed by atoms with Gasteiger partial charge in [-0.25, -0.2) is 0 Å². The van der Waals surface area contributed by atoms with Crippen molar-refractivity contribution in [2.24, 2.45) is 0 Å². The van der Waals surface area contributed by atoms with E-state index in [1.165, 1.54) is 0 Å². The van der Waals surface area contributed by atoms with Crippen LogP contribution in [0.25, 0.3) is 0 Å². The highest BCUT2D eigenvalue weighted by molar-refractivity contribution is 7.85. The lowest BCUT2D eigenvalue weighted by atomic mass is 10.1. The smallest absolute Gasteiger partial charge is 0.101 e. The highest BCUT2D eigenvalue weighted by atomic mass is 32.2. The zero-order valence-electron chi connectivity index (χ0n) is 9.48. The molecule has 1 aliphatic heterocycles. The van der Waals surface area contributed by atoms with Crippen LogP contribution in [0.3, 0.4) is 0 Å². The minimum Gasteiger partial charge on any atom is -0.399 e. The van der Waals surface area contributed by atoms with Crippen LogP contribution < -0.4 is 11.1 Å². The predicted molar refractivity (Wildman–Crippen MR) is 70.1 cm³/mol. The van der Waals surface area contributed by atoms with Crippen LogP contribution >= 0.6 is 0 Å². The van der Waals surface area contributed by atoms with Crippen molar-refractivity contribution in [3.05, 3.63) is 23.8 Å². The lowest BCUT2D eigenvalue weighted by Crippen LogP contribution is -2.29. The van der Waals surface area contributed by atoms with Crippen LogP contribution in [0, 0.1) is 11.3 Å². The van der Waals surface area contributed by atoms with Gasteiger partial charge in [-0.05, 0) is 31.0 Å². The highest BCUT2D eigenvalue weighted by Gasteiger charge is 2.18. The van der Waals surface area contributed by atoms with Crippen LogP contribution in [0.1, 0.15) is 18.4 Å². The van der Waals surface area contributed by atoms with E-state index in [-0.39, 0.29) is 0 Å². The minimum atomic E-state index is -0.655. The average Bonchev–Trinajstić information content (AvgIpc) is 2.34. The lowest BCUT2D eigenvalue weighted by Gasteiger charge is -2.24. The number of benzene rings is 1. The van der Waals surface area contributed by atoms with Crippen molar-refractivity contribution in [3.63, 3.8) is 0 Å². The lowest BCUT2D eigenvalue weighted by molar-refractivity contribution is 0.624. The molecule has 0 aliphatic carbocycles. The van der Waals surface area contributed by atoms with Gasteiger partial charge in [-0.3, -0.25) is 4.21 Å². The summed E-state index contributed by atoms with van der Waals surface area (Å²) in [5, 5.41) is 12.4. The number of rotatable bonds is 2. The number of nitrogens with two attached hydrogens (primary N) is 1. The number of nitrogen functional groups attached to an aromatic ring is 1. The molecular formula is C12H15N3OS. The van der Waals surface area contributed by atoms with Crippen LogP contribution in [-0.2, 0) is 10.8 Å². The maximum absolute atomic E-state index is 11.2. The van der Waals surface area contributed by atoms with Gasteiger partial charge in [0.25, 0.3) is 0 Å². The third kappa shape index (κ3) is 2.98. The Morgan fingerprint density at radius 1 is 1.41 bits per heavy atom. The van der Waals surface area contributed by atoms with Gasteiger partial charge in [0.1, 0.15) is 6.07 Å². The van der Waals surface area contributed by atoms with Gasteiger partial charge in [0.05, 0.1) is 11.3 Å². The zero-order valence-corrected chi connectivity index (χ0v) is 10.3. The molecule has 0 saturated carbocycles. The van der Waals surface area contributed by atoms with Gasteiger partial charge in [0, 0.05) is 34.0 Å². The van der Waals surface area contributed by atoms with Crippen molar-refractivity contribution in [1.29, 1.82) is 5.26 Å². The molecular weight excluding hydrogens is 234 g/mol. The number of nitriles is 1. The molecule has 4 nitrogen and oxygen atoms in total. The number of nitrogens with zero attached hydrogens (tertiary/aromatic N) is 1. The van der Waals surface area contributed by atoms with Crippen molar-refractivity contribution in [2.75, 3.05) is 22.6 Å². The second-order valence-electron chi connectivity index (χ2n) is 4.18. The molecule has 3 N–H and O–H groups in total. The van der Waals surface area contributed by atoms with Crippen LogP contribution in [0.5, 0.6) is 0 Å². The molecule has 0 unspecified atom stereocenters. The summed E-state index contributed by atoms with van der Waals surface area (Å²) in [6.45, 7) is 0. The molecule has 0 aromatic heterocycles. The fraction of sp³-hybridized carbons (Fsp3) is 0.417. The number of nitrogens with one attached hydrogen (secondary N) is 1. The molecule has 90 valence electrons. The van der Waals surface area contributed by atoms with Gasteiger partial charge < -0.3 is 11.1 Å². The first-order valence-electron chi connectivity index (χ1n) is 5.60. The third-order valence-electron chi connectivity index (χ3n) is 2.91. The molecule has 0 amide bonds. The zero-order chi connectivity index (χ0) is 12.3. The van der Waals surface area contributed by atoms with E-state index < -0.39 is 10.8 Å². The maximum atomic E-state index is 11.2. The van der Waals surface area contributed by atoms with Crippen molar-refractivity contribution < 1.29 is 4.21 Å². The molecule has 1 aromatic rings. The monoisotopic (exact) mass is 249 g/mol. The van der Waals surface area contributed by atoms with Crippen LogP contribution in [0.4, 0.5) is 11.4 Å². The van der Waals surface area contributed by atoms with E-state index in [0.29, 0.717) is 17.3 Å². The first-order valence-corrected chi connectivity index (χ1v) is 7.09. The molecule has 1 saturated heterocycles. The second-order valence-corrected chi connectivity index (χ2v) is 5.88. The van der Waals surface area contributed by atoms with E-state index >= 15 is 0 Å². The molecule has 0 spiro atoms. The quantitative estimate of drug-likeness (QED) is 0.778. The molecule has 17 heavy (non-hydrogen) atoms. The normalized spacial score (nSPS) is 23.9. The third-order valence-corrected chi connectivity index (χ3v) is 4.29. The molecule has 1 fully saturated rings. The van der Waals surface area contributed by atoms with Crippen molar-refractivity contribution in [2.45, 2.75) is 18.9 Å². The second kappa shape index (κ2) is 5.19. The summed E-state index contributed by atoms with van der Waals surface area (Å²) < 4.78 is 11.2. The topological polar surface area (TPSA) is 78.9 Å². The Hall–Kier alpha value is -1.54. The van der Waals surface area contributed by atoms with Gasteiger partial charge in [0.15, 0.2) is 0 Å². The Labute approximate surface area is 103 Å². The summed E-state index contributed by atoms with van der Waals surface area (Å²) >= 11 is 0. The van der Waals surface area contributed by atoms with Crippen molar-refractivity contribution in [3.8, 4) is 6.07 Å². The standard InChI is InChI=1S/C12H15N3OS/c13-8-9-7-10(14)1-2-12(9)15-11-3-5-17(16)6-4-11/h1-2,7,11,15H,3-6,14H2. The van der Waals surface area contributed by atoms with Crippen LogP contribution in [0.2, 0.25) is 0 Å². The van der Waals surface area contributed by atoms with E-state index in [9.17, 15) is 4.21 Å². The largest absolute Gasteiger partial charge is 0.399 e.